The number of aryl methyl sites for hydroxylation is 2. The molecule has 1 aromatic heterocycles. The first kappa shape index (κ1) is 27.5. The van der Waals surface area contributed by atoms with Crippen LogP contribution in [0.3, 0.4) is 0 Å². The van der Waals surface area contributed by atoms with Crippen molar-refractivity contribution in [3.63, 3.8) is 0 Å². The number of H-pyrrole nitrogens is 1. The van der Waals surface area contributed by atoms with Crippen molar-refractivity contribution in [3.8, 4) is 39.7 Å². The molecule has 41 heavy (non-hydrogen) atoms. The molecular formula is C34H35N5O2. The molecule has 0 spiro atoms. The van der Waals surface area contributed by atoms with Gasteiger partial charge in [-0.3, -0.25) is 5.32 Å². The molecule has 0 aliphatic carbocycles. The molecule has 0 saturated heterocycles. The van der Waals surface area contributed by atoms with Crippen LogP contribution in [0.5, 0.6) is 5.75 Å². The van der Waals surface area contributed by atoms with E-state index in [1.807, 2.05) is 84.5 Å². The molecule has 1 heterocycles. The second-order valence-electron chi connectivity index (χ2n) is 10.5. The van der Waals surface area contributed by atoms with E-state index in [9.17, 15) is 4.79 Å². The number of imidazole rings is 1. The van der Waals surface area contributed by atoms with Crippen LogP contribution in [0.1, 0.15) is 11.1 Å². The number of hydrogen-bond acceptors (Lipinski definition) is 5. The number of nitrogens with zero attached hydrogens (tertiary/aromatic N) is 3. The van der Waals surface area contributed by atoms with Gasteiger partial charge in [-0.15, -0.1) is 0 Å². The van der Waals surface area contributed by atoms with Crippen molar-refractivity contribution in [3.05, 3.63) is 102 Å². The molecule has 0 aliphatic rings. The Bertz CT molecular complexity index is 1560. The molecule has 0 atom stereocenters. The number of amides is 1. The fourth-order valence-corrected chi connectivity index (χ4v) is 4.78. The van der Waals surface area contributed by atoms with Gasteiger partial charge in [0.25, 0.3) is 0 Å². The molecule has 0 fully saturated rings. The number of carbonyl (C=O) groups excluding carboxylic acids is 1. The molecule has 7 nitrogen and oxygen atoms in total. The van der Waals surface area contributed by atoms with E-state index < -0.39 is 6.09 Å². The maximum Gasteiger partial charge on any atom is 0.417 e. The summed E-state index contributed by atoms with van der Waals surface area (Å²) in [6.07, 6.45) is -0.528. The van der Waals surface area contributed by atoms with Crippen molar-refractivity contribution in [2.24, 2.45) is 0 Å². The Morgan fingerprint density at radius 2 is 1.27 bits per heavy atom. The highest BCUT2D eigenvalue weighted by Crippen LogP contribution is 2.36. The fourth-order valence-electron chi connectivity index (χ4n) is 4.78. The number of ether oxygens (including phenoxy) is 1. The Kier molecular flexibility index (Phi) is 7.79. The van der Waals surface area contributed by atoms with Gasteiger partial charge in [-0.1, -0.05) is 42.5 Å². The second kappa shape index (κ2) is 11.6. The number of carbonyl (C=O) groups is 1. The van der Waals surface area contributed by atoms with Crippen LogP contribution in [0, 0.1) is 13.8 Å². The van der Waals surface area contributed by atoms with Crippen LogP contribution in [-0.4, -0.2) is 44.3 Å². The third-order valence-electron chi connectivity index (χ3n) is 6.98. The summed E-state index contributed by atoms with van der Waals surface area (Å²) in [5.41, 5.74) is 9.42. The molecule has 0 radical (unpaired) electrons. The van der Waals surface area contributed by atoms with Crippen molar-refractivity contribution < 1.29 is 9.53 Å². The molecular weight excluding hydrogens is 510 g/mol. The van der Waals surface area contributed by atoms with Gasteiger partial charge in [-0.05, 0) is 73.5 Å². The summed E-state index contributed by atoms with van der Waals surface area (Å²) in [5.74, 6) is 1.28. The SMILES string of the molecule is Cc1cc(-c2nc(-c3ccc(N(C)C)cc3)c(-c3ccc(N(C)C)cc3)[nH]2)cc(C)c1OC(=O)Nc1ccccc1. The minimum Gasteiger partial charge on any atom is -0.410 e. The average molecular weight is 546 g/mol. The number of para-hydroxylation sites is 1. The van der Waals surface area contributed by atoms with E-state index in [0.717, 1.165) is 56.4 Å². The minimum absolute atomic E-state index is 0.528. The Balaban J connectivity index is 1.51. The lowest BCUT2D eigenvalue weighted by Gasteiger charge is -2.13. The van der Waals surface area contributed by atoms with Crippen molar-refractivity contribution >= 4 is 23.2 Å². The van der Waals surface area contributed by atoms with E-state index in [0.29, 0.717) is 11.4 Å². The highest BCUT2D eigenvalue weighted by atomic mass is 16.6. The molecule has 0 bridgehead atoms. The number of anilines is 3. The largest absolute Gasteiger partial charge is 0.417 e. The number of aromatic amines is 1. The lowest BCUT2D eigenvalue weighted by Crippen LogP contribution is -2.17. The molecule has 1 amide bonds. The summed E-state index contributed by atoms with van der Waals surface area (Å²) in [4.78, 5) is 25.4. The minimum atomic E-state index is -0.528. The van der Waals surface area contributed by atoms with E-state index in [1.54, 1.807) is 0 Å². The van der Waals surface area contributed by atoms with Gasteiger partial charge < -0.3 is 19.5 Å². The van der Waals surface area contributed by atoms with Gasteiger partial charge in [0.1, 0.15) is 11.6 Å². The van der Waals surface area contributed by atoms with Crippen molar-refractivity contribution in [2.45, 2.75) is 13.8 Å². The first-order valence-electron chi connectivity index (χ1n) is 13.5. The van der Waals surface area contributed by atoms with Gasteiger partial charge in [0, 0.05) is 61.9 Å². The lowest BCUT2D eigenvalue weighted by atomic mass is 10.0. The third-order valence-corrected chi connectivity index (χ3v) is 6.98. The molecule has 7 heteroatoms. The predicted octanol–water partition coefficient (Wildman–Crippen LogP) is 7.77. The second-order valence-corrected chi connectivity index (χ2v) is 10.5. The summed E-state index contributed by atoms with van der Waals surface area (Å²) < 4.78 is 5.71. The molecule has 0 aliphatic heterocycles. The Morgan fingerprint density at radius 1 is 0.732 bits per heavy atom. The zero-order valence-electron chi connectivity index (χ0n) is 24.3. The summed E-state index contributed by atoms with van der Waals surface area (Å²) in [7, 11) is 8.13. The summed E-state index contributed by atoms with van der Waals surface area (Å²) in [6.45, 7) is 3.87. The van der Waals surface area contributed by atoms with E-state index in [4.69, 9.17) is 9.72 Å². The first-order chi connectivity index (χ1) is 19.7. The molecule has 2 N–H and O–H groups in total. The summed E-state index contributed by atoms with van der Waals surface area (Å²) in [5, 5.41) is 2.77. The number of rotatable bonds is 7. The van der Waals surface area contributed by atoms with E-state index >= 15 is 0 Å². The molecule has 4 aromatic carbocycles. The van der Waals surface area contributed by atoms with Crippen LogP contribution in [0.4, 0.5) is 21.9 Å². The number of nitrogens with one attached hydrogen (secondary N) is 2. The van der Waals surface area contributed by atoms with Gasteiger partial charge in [0.15, 0.2) is 0 Å². The third kappa shape index (κ3) is 6.09. The Morgan fingerprint density at radius 3 is 1.80 bits per heavy atom. The number of benzene rings is 4. The van der Waals surface area contributed by atoms with E-state index in [-0.39, 0.29) is 0 Å². The molecule has 0 saturated carbocycles. The predicted molar refractivity (Wildman–Crippen MR) is 169 cm³/mol. The van der Waals surface area contributed by atoms with Gasteiger partial charge in [-0.25, -0.2) is 9.78 Å². The van der Waals surface area contributed by atoms with E-state index in [1.165, 1.54) is 0 Å². The maximum absolute atomic E-state index is 12.6. The normalized spacial score (nSPS) is 10.8. The van der Waals surface area contributed by atoms with Crippen LogP contribution in [-0.2, 0) is 0 Å². The van der Waals surface area contributed by atoms with Gasteiger partial charge in [0.2, 0.25) is 0 Å². The van der Waals surface area contributed by atoms with Crippen LogP contribution in [0.25, 0.3) is 33.9 Å². The Hall–Kier alpha value is -5.04. The fraction of sp³-hybridized carbons (Fsp3) is 0.176. The maximum atomic E-state index is 12.6. The van der Waals surface area contributed by atoms with Crippen LogP contribution in [0.15, 0.2) is 91.0 Å². The van der Waals surface area contributed by atoms with Crippen molar-refractivity contribution in [2.75, 3.05) is 43.3 Å². The molecule has 208 valence electrons. The Labute approximate surface area is 241 Å². The van der Waals surface area contributed by atoms with Crippen LogP contribution < -0.4 is 19.9 Å². The van der Waals surface area contributed by atoms with Gasteiger partial charge in [0.05, 0.1) is 11.4 Å². The molecule has 5 aromatic rings. The number of aromatic nitrogens is 2. The zero-order valence-corrected chi connectivity index (χ0v) is 24.3. The van der Waals surface area contributed by atoms with Crippen LogP contribution >= 0.6 is 0 Å². The van der Waals surface area contributed by atoms with Gasteiger partial charge >= 0.3 is 6.09 Å². The average Bonchev–Trinajstić information content (AvgIpc) is 3.41. The quantitative estimate of drug-likeness (QED) is 0.219. The van der Waals surface area contributed by atoms with Gasteiger partial charge in [-0.2, -0.15) is 0 Å². The highest BCUT2D eigenvalue weighted by molar-refractivity contribution is 5.87. The van der Waals surface area contributed by atoms with E-state index in [2.05, 4.69) is 68.6 Å². The monoisotopic (exact) mass is 545 g/mol. The summed E-state index contributed by atoms with van der Waals surface area (Å²) >= 11 is 0. The highest BCUT2D eigenvalue weighted by Gasteiger charge is 2.18. The first-order valence-corrected chi connectivity index (χ1v) is 13.5. The van der Waals surface area contributed by atoms with Crippen molar-refractivity contribution in [1.29, 1.82) is 0 Å². The van der Waals surface area contributed by atoms with Crippen LogP contribution in [0.2, 0.25) is 0 Å². The lowest BCUT2D eigenvalue weighted by molar-refractivity contribution is 0.214. The molecule has 0 unspecified atom stereocenters. The number of hydrogen-bond donors (Lipinski definition) is 2. The zero-order chi connectivity index (χ0) is 29.1. The molecule has 5 rings (SSSR count). The smallest absolute Gasteiger partial charge is 0.410 e. The van der Waals surface area contributed by atoms with Crippen molar-refractivity contribution in [1.82, 2.24) is 9.97 Å². The standard InChI is InChI=1S/C34H35N5O2/c1-22-20-26(21-23(2)32(22)41-34(40)35-27-10-8-7-9-11-27)33-36-30(24-12-16-28(17-13-24)38(3)4)31(37-33)25-14-18-29(19-15-25)39(5)6/h7-21H,1-6H3,(H,35,40)(H,36,37). The summed E-state index contributed by atoms with van der Waals surface area (Å²) in [6, 6.07) is 30.1. The topological polar surface area (TPSA) is 73.5 Å².